The number of nitrogens with one attached hydrogen (secondary N) is 2. The molecule has 0 aliphatic rings. The van der Waals surface area contributed by atoms with Gasteiger partial charge in [0.05, 0.1) is 24.6 Å². The van der Waals surface area contributed by atoms with Crippen molar-refractivity contribution in [3.8, 4) is 5.75 Å². The third kappa shape index (κ3) is 4.64. The number of fused-ring (bicyclic) bond motifs is 1. The Bertz CT molecular complexity index is 652. The van der Waals surface area contributed by atoms with E-state index in [2.05, 4.69) is 15.3 Å². The number of amides is 1. The van der Waals surface area contributed by atoms with Crippen molar-refractivity contribution >= 4 is 16.9 Å². The van der Waals surface area contributed by atoms with E-state index in [0.29, 0.717) is 18.0 Å². The molecule has 22 heavy (non-hydrogen) atoms. The first kappa shape index (κ1) is 16.1. The fourth-order valence-corrected chi connectivity index (χ4v) is 1.95. The first-order valence-corrected chi connectivity index (χ1v) is 6.73. The smallest absolute Gasteiger partial charge is 0.389 e. The standard InChI is InChI=1S/C14H16F3N3O2/c1-22-9-2-3-10-11(8-9)20-12(19-10)5-7-18-13(21)4-6-14(15,16)17/h2-3,8H,4-7H2,1H3,(H,18,21)(H,19,20). The number of aromatic amines is 1. The molecule has 0 aliphatic heterocycles. The molecule has 8 heteroatoms. The molecule has 2 N–H and O–H groups in total. The normalized spacial score (nSPS) is 11.6. The number of hydrogen-bond acceptors (Lipinski definition) is 3. The average Bonchev–Trinajstić information content (AvgIpc) is 2.86. The molecule has 0 unspecified atom stereocenters. The van der Waals surface area contributed by atoms with E-state index in [0.717, 1.165) is 11.0 Å². The summed E-state index contributed by atoms with van der Waals surface area (Å²) >= 11 is 0. The number of benzene rings is 1. The molecule has 5 nitrogen and oxygen atoms in total. The summed E-state index contributed by atoms with van der Waals surface area (Å²) in [4.78, 5) is 18.7. The zero-order chi connectivity index (χ0) is 16.2. The van der Waals surface area contributed by atoms with Gasteiger partial charge in [0, 0.05) is 25.5 Å². The van der Waals surface area contributed by atoms with E-state index in [1.54, 1.807) is 25.3 Å². The molecule has 2 rings (SSSR count). The number of carbonyl (C=O) groups is 1. The Hall–Kier alpha value is -2.25. The number of rotatable bonds is 6. The molecule has 1 heterocycles. The number of hydrogen-bond donors (Lipinski definition) is 2. The topological polar surface area (TPSA) is 67.0 Å². The van der Waals surface area contributed by atoms with Gasteiger partial charge >= 0.3 is 6.18 Å². The van der Waals surface area contributed by atoms with Crippen LogP contribution < -0.4 is 10.1 Å². The van der Waals surface area contributed by atoms with Gasteiger partial charge in [-0.1, -0.05) is 0 Å². The second-order valence-corrected chi connectivity index (χ2v) is 4.78. The Morgan fingerprint density at radius 2 is 2.18 bits per heavy atom. The Labute approximate surface area is 124 Å². The Morgan fingerprint density at radius 3 is 2.86 bits per heavy atom. The molecule has 0 bridgehead atoms. The monoisotopic (exact) mass is 315 g/mol. The first-order chi connectivity index (χ1) is 10.4. The molecule has 0 fully saturated rings. The highest BCUT2D eigenvalue weighted by atomic mass is 19.4. The summed E-state index contributed by atoms with van der Waals surface area (Å²) in [5.41, 5.74) is 1.57. The van der Waals surface area contributed by atoms with Crippen LogP contribution in [-0.2, 0) is 11.2 Å². The van der Waals surface area contributed by atoms with E-state index in [-0.39, 0.29) is 6.54 Å². The Morgan fingerprint density at radius 1 is 1.41 bits per heavy atom. The third-order valence-electron chi connectivity index (χ3n) is 3.06. The lowest BCUT2D eigenvalue weighted by Crippen LogP contribution is -2.27. The van der Waals surface area contributed by atoms with Crippen molar-refractivity contribution in [1.82, 2.24) is 15.3 Å². The maximum atomic E-state index is 12.0. The lowest BCUT2D eigenvalue weighted by Gasteiger charge is -2.06. The fraction of sp³-hybridized carbons (Fsp3) is 0.429. The maximum absolute atomic E-state index is 12.0. The highest BCUT2D eigenvalue weighted by molar-refractivity contribution is 5.77. The van der Waals surface area contributed by atoms with Gasteiger partial charge < -0.3 is 15.0 Å². The van der Waals surface area contributed by atoms with Crippen LogP contribution in [0.25, 0.3) is 11.0 Å². The number of halogens is 3. The van der Waals surface area contributed by atoms with Crippen molar-refractivity contribution in [2.45, 2.75) is 25.4 Å². The van der Waals surface area contributed by atoms with Crippen LogP contribution in [0.5, 0.6) is 5.75 Å². The lowest BCUT2D eigenvalue weighted by atomic mass is 10.3. The number of carbonyl (C=O) groups excluding carboxylic acids is 1. The van der Waals surface area contributed by atoms with Crippen molar-refractivity contribution in [2.75, 3.05) is 13.7 Å². The summed E-state index contributed by atoms with van der Waals surface area (Å²) in [5, 5.41) is 2.45. The van der Waals surface area contributed by atoms with E-state index in [9.17, 15) is 18.0 Å². The first-order valence-electron chi connectivity index (χ1n) is 6.73. The zero-order valence-corrected chi connectivity index (χ0v) is 12.0. The number of ether oxygens (including phenoxy) is 1. The molecule has 0 saturated heterocycles. The quantitative estimate of drug-likeness (QED) is 0.861. The minimum absolute atomic E-state index is 0.230. The van der Waals surface area contributed by atoms with Crippen molar-refractivity contribution in [3.05, 3.63) is 24.0 Å². The summed E-state index contributed by atoms with van der Waals surface area (Å²) < 4.78 is 41.0. The molecule has 1 amide bonds. The zero-order valence-electron chi connectivity index (χ0n) is 12.0. The molecule has 1 aromatic heterocycles. The van der Waals surface area contributed by atoms with Crippen LogP contribution in [0, 0.1) is 0 Å². The Balaban J connectivity index is 1.83. The van der Waals surface area contributed by atoms with Crippen LogP contribution in [-0.4, -0.2) is 35.7 Å². The number of nitrogens with zero attached hydrogens (tertiary/aromatic N) is 1. The van der Waals surface area contributed by atoms with E-state index in [1.807, 2.05) is 0 Å². The molecule has 1 aromatic carbocycles. The van der Waals surface area contributed by atoms with Crippen LogP contribution in [0.3, 0.4) is 0 Å². The van der Waals surface area contributed by atoms with Gasteiger partial charge in [-0.25, -0.2) is 4.98 Å². The van der Waals surface area contributed by atoms with Gasteiger partial charge in [0.15, 0.2) is 0 Å². The van der Waals surface area contributed by atoms with Gasteiger partial charge in [-0.15, -0.1) is 0 Å². The molecule has 2 aromatic rings. The van der Waals surface area contributed by atoms with Crippen LogP contribution >= 0.6 is 0 Å². The van der Waals surface area contributed by atoms with Gasteiger partial charge in [-0.2, -0.15) is 13.2 Å². The summed E-state index contributed by atoms with van der Waals surface area (Å²) in [6.45, 7) is 0.230. The van der Waals surface area contributed by atoms with Gasteiger partial charge in [-0.3, -0.25) is 4.79 Å². The van der Waals surface area contributed by atoms with Crippen molar-refractivity contribution in [3.63, 3.8) is 0 Å². The molecule has 0 atom stereocenters. The summed E-state index contributed by atoms with van der Waals surface area (Å²) in [6, 6.07) is 5.38. The highest BCUT2D eigenvalue weighted by Gasteiger charge is 2.27. The molecular weight excluding hydrogens is 299 g/mol. The van der Waals surface area contributed by atoms with Gasteiger partial charge in [0.1, 0.15) is 11.6 Å². The van der Waals surface area contributed by atoms with E-state index in [4.69, 9.17) is 4.74 Å². The predicted octanol–water partition coefficient (Wildman–Crippen LogP) is 2.57. The van der Waals surface area contributed by atoms with Gasteiger partial charge in [0.25, 0.3) is 0 Å². The number of imidazole rings is 1. The van der Waals surface area contributed by atoms with Crippen LogP contribution in [0.1, 0.15) is 18.7 Å². The number of methoxy groups -OCH3 is 1. The molecule has 0 aliphatic carbocycles. The predicted molar refractivity (Wildman–Crippen MR) is 74.6 cm³/mol. The lowest BCUT2D eigenvalue weighted by molar-refractivity contribution is -0.144. The second kappa shape index (κ2) is 6.67. The van der Waals surface area contributed by atoms with Crippen molar-refractivity contribution < 1.29 is 22.7 Å². The minimum Gasteiger partial charge on any atom is -0.497 e. The van der Waals surface area contributed by atoms with Crippen LogP contribution in [0.15, 0.2) is 18.2 Å². The van der Waals surface area contributed by atoms with Crippen LogP contribution in [0.2, 0.25) is 0 Å². The number of alkyl halides is 3. The molecular formula is C14H16F3N3O2. The maximum Gasteiger partial charge on any atom is 0.389 e. The summed E-state index contributed by atoms with van der Waals surface area (Å²) in [7, 11) is 1.56. The SMILES string of the molecule is COc1ccc2nc(CCNC(=O)CCC(F)(F)F)[nH]c2c1. The molecule has 0 saturated carbocycles. The Kier molecular flexibility index (Phi) is 4.89. The van der Waals surface area contributed by atoms with Crippen molar-refractivity contribution in [1.29, 1.82) is 0 Å². The van der Waals surface area contributed by atoms with E-state index in [1.165, 1.54) is 0 Å². The largest absolute Gasteiger partial charge is 0.497 e. The van der Waals surface area contributed by atoms with E-state index >= 15 is 0 Å². The minimum atomic E-state index is -4.31. The summed E-state index contributed by atoms with van der Waals surface area (Å²) in [5.74, 6) is 0.734. The molecule has 0 spiro atoms. The van der Waals surface area contributed by atoms with E-state index < -0.39 is 24.9 Å². The fourth-order valence-electron chi connectivity index (χ4n) is 1.95. The number of aromatic nitrogens is 2. The van der Waals surface area contributed by atoms with Gasteiger partial charge in [0.2, 0.25) is 5.91 Å². The average molecular weight is 315 g/mol. The highest BCUT2D eigenvalue weighted by Crippen LogP contribution is 2.21. The molecule has 0 radical (unpaired) electrons. The third-order valence-corrected chi connectivity index (χ3v) is 3.06. The number of H-pyrrole nitrogens is 1. The second-order valence-electron chi connectivity index (χ2n) is 4.78. The molecule has 120 valence electrons. The summed E-state index contributed by atoms with van der Waals surface area (Å²) in [6.07, 6.45) is -5.56. The van der Waals surface area contributed by atoms with Gasteiger partial charge in [-0.05, 0) is 12.1 Å². The van der Waals surface area contributed by atoms with Crippen LogP contribution in [0.4, 0.5) is 13.2 Å². The van der Waals surface area contributed by atoms with Crippen molar-refractivity contribution in [2.24, 2.45) is 0 Å².